The molecule has 1 aliphatic rings. The highest BCUT2D eigenvalue weighted by molar-refractivity contribution is 6.31. The van der Waals surface area contributed by atoms with Crippen LogP contribution < -0.4 is 15.0 Å². The van der Waals surface area contributed by atoms with E-state index in [9.17, 15) is 9.59 Å². The first kappa shape index (κ1) is 16.3. The Labute approximate surface area is 145 Å². The topological polar surface area (TPSA) is 58.6 Å². The Morgan fingerprint density at radius 3 is 2.79 bits per heavy atom. The highest BCUT2D eigenvalue weighted by atomic mass is 35.5. The monoisotopic (exact) mass is 344 g/mol. The van der Waals surface area contributed by atoms with Gasteiger partial charge in [-0.3, -0.25) is 9.59 Å². The van der Waals surface area contributed by atoms with Gasteiger partial charge in [0.05, 0.1) is 12.8 Å². The van der Waals surface area contributed by atoms with E-state index in [-0.39, 0.29) is 11.8 Å². The third-order valence-corrected chi connectivity index (χ3v) is 4.14. The summed E-state index contributed by atoms with van der Waals surface area (Å²) in [6.07, 6.45) is 1.39. The van der Waals surface area contributed by atoms with Gasteiger partial charge in [0.2, 0.25) is 5.91 Å². The molecule has 2 aromatic rings. The van der Waals surface area contributed by atoms with Gasteiger partial charge in [0.15, 0.2) is 0 Å². The van der Waals surface area contributed by atoms with Crippen molar-refractivity contribution in [3.05, 3.63) is 53.1 Å². The van der Waals surface area contributed by atoms with Crippen LogP contribution in [0.3, 0.4) is 0 Å². The summed E-state index contributed by atoms with van der Waals surface area (Å²) in [4.78, 5) is 26.1. The van der Waals surface area contributed by atoms with Gasteiger partial charge in [-0.05, 0) is 42.8 Å². The summed E-state index contributed by atoms with van der Waals surface area (Å²) < 4.78 is 5.23. The van der Waals surface area contributed by atoms with Gasteiger partial charge in [0, 0.05) is 29.2 Å². The molecule has 3 rings (SSSR count). The van der Waals surface area contributed by atoms with Crippen LogP contribution in [0.15, 0.2) is 42.5 Å². The lowest BCUT2D eigenvalue weighted by Crippen LogP contribution is -2.24. The van der Waals surface area contributed by atoms with E-state index < -0.39 is 0 Å². The molecule has 1 saturated heterocycles. The Hall–Kier alpha value is -2.53. The number of rotatable bonds is 4. The third kappa shape index (κ3) is 3.36. The molecule has 0 aromatic heterocycles. The van der Waals surface area contributed by atoms with E-state index in [2.05, 4.69) is 5.32 Å². The zero-order chi connectivity index (χ0) is 17.1. The smallest absolute Gasteiger partial charge is 0.255 e. The second kappa shape index (κ2) is 6.93. The van der Waals surface area contributed by atoms with Crippen LogP contribution in [0.2, 0.25) is 5.02 Å². The lowest BCUT2D eigenvalue weighted by Gasteiger charge is -2.16. The average Bonchev–Trinajstić information content (AvgIpc) is 3.01. The van der Waals surface area contributed by atoms with Gasteiger partial charge in [-0.25, -0.2) is 0 Å². The summed E-state index contributed by atoms with van der Waals surface area (Å²) in [5.41, 5.74) is 1.70. The van der Waals surface area contributed by atoms with E-state index in [4.69, 9.17) is 16.3 Å². The largest absolute Gasteiger partial charge is 0.495 e. The maximum atomic E-state index is 12.5. The van der Waals surface area contributed by atoms with E-state index in [1.807, 2.05) is 6.07 Å². The highest BCUT2D eigenvalue weighted by Gasteiger charge is 2.22. The number of methoxy groups -OCH3 is 1. The van der Waals surface area contributed by atoms with Crippen molar-refractivity contribution < 1.29 is 14.3 Å². The van der Waals surface area contributed by atoms with Gasteiger partial charge in [0.1, 0.15) is 5.75 Å². The number of anilines is 2. The molecule has 1 fully saturated rings. The lowest BCUT2D eigenvalue weighted by molar-refractivity contribution is -0.117. The molecule has 2 aromatic carbocycles. The molecular formula is C18H17ClN2O3. The zero-order valence-electron chi connectivity index (χ0n) is 13.2. The molecular weight excluding hydrogens is 328 g/mol. The molecule has 0 spiro atoms. The first-order valence-corrected chi connectivity index (χ1v) is 8.01. The molecule has 24 heavy (non-hydrogen) atoms. The fourth-order valence-electron chi connectivity index (χ4n) is 2.71. The molecule has 2 amide bonds. The van der Waals surface area contributed by atoms with Crippen molar-refractivity contribution in [1.82, 2.24) is 0 Å². The number of amides is 2. The van der Waals surface area contributed by atoms with Crippen molar-refractivity contribution in [2.45, 2.75) is 12.8 Å². The fraction of sp³-hybridized carbons (Fsp3) is 0.222. The van der Waals surface area contributed by atoms with E-state index in [0.29, 0.717) is 35.0 Å². The number of benzene rings is 2. The summed E-state index contributed by atoms with van der Waals surface area (Å²) in [6, 6.07) is 12.0. The molecule has 0 aliphatic carbocycles. The maximum Gasteiger partial charge on any atom is 0.255 e. The number of nitrogens with one attached hydrogen (secondary N) is 1. The number of carbonyl (C=O) groups excluding carboxylic acids is 2. The van der Waals surface area contributed by atoms with Crippen molar-refractivity contribution in [2.24, 2.45) is 0 Å². The van der Waals surface area contributed by atoms with E-state index in [0.717, 1.165) is 12.1 Å². The number of hydrogen-bond donors (Lipinski definition) is 1. The lowest BCUT2D eigenvalue weighted by atomic mass is 10.1. The van der Waals surface area contributed by atoms with Gasteiger partial charge in [-0.15, -0.1) is 0 Å². The molecule has 5 nitrogen and oxygen atoms in total. The molecule has 0 atom stereocenters. The number of hydrogen-bond acceptors (Lipinski definition) is 3. The van der Waals surface area contributed by atoms with Crippen molar-refractivity contribution in [2.75, 3.05) is 23.9 Å². The number of halogens is 1. The normalized spacial score (nSPS) is 13.9. The van der Waals surface area contributed by atoms with Crippen LogP contribution in [0.25, 0.3) is 0 Å². The molecule has 0 radical (unpaired) electrons. The first-order chi connectivity index (χ1) is 11.6. The Kier molecular flexibility index (Phi) is 4.71. The molecule has 1 N–H and O–H groups in total. The van der Waals surface area contributed by atoms with Crippen LogP contribution in [0.4, 0.5) is 11.4 Å². The molecule has 1 heterocycles. The summed E-state index contributed by atoms with van der Waals surface area (Å²) in [5, 5.41) is 3.30. The highest BCUT2D eigenvalue weighted by Crippen LogP contribution is 2.28. The van der Waals surface area contributed by atoms with Crippen LogP contribution in [-0.4, -0.2) is 25.5 Å². The second-order valence-corrected chi connectivity index (χ2v) is 5.93. The van der Waals surface area contributed by atoms with Crippen molar-refractivity contribution in [3.8, 4) is 5.75 Å². The Morgan fingerprint density at radius 2 is 2.08 bits per heavy atom. The molecule has 0 saturated carbocycles. The number of carbonyl (C=O) groups is 2. The summed E-state index contributed by atoms with van der Waals surface area (Å²) in [6.45, 7) is 0.687. The van der Waals surface area contributed by atoms with Crippen LogP contribution in [-0.2, 0) is 4.79 Å². The number of ether oxygens (including phenoxy) is 1. The van der Waals surface area contributed by atoms with Crippen LogP contribution in [0.5, 0.6) is 5.75 Å². The standard InChI is InChI=1S/C18H17ClN2O3/c1-24-16-8-7-13(19)11-15(16)20-18(23)12-4-2-5-14(10-12)21-9-3-6-17(21)22/h2,4-5,7-8,10-11H,3,6,9H2,1H3,(H,20,23). The summed E-state index contributed by atoms with van der Waals surface area (Å²) in [7, 11) is 1.53. The van der Waals surface area contributed by atoms with Gasteiger partial charge in [-0.1, -0.05) is 17.7 Å². The molecule has 0 bridgehead atoms. The number of nitrogens with zero attached hydrogens (tertiary/aromatic N) is 1. The van der Waals surface area contributed by atoms with Crippen molar-refractivity contribution in [1.29, 1.82) is 0 Å². The molecule has 124 valence electrons. The fourth-order valence-corrected chi connectivity index (χ4v) is 2.88. The average molecular weight is 345 g/mol. The zero-order valence-corrected chi connectivity index (χ0v) is 14.0. The summed E-state index contributed by atoms with van der Waals surface area (Å²) in [5.74, 6) is 0.326. The van der Waals surface area contributed by atoms with Gasteiger partial charge in [-0.2, -0.15) is 0 Å². The molecule has 1 aliphatic heterocycles. The molecule has 0 unspecified atom stereocenters. The first-order valence-electron chi connectivity index (χ1n) is 7.64. The van der Waals surface area contributed by atoms with Crippen LogP contribution in [0.1, 0.15) is 23.2 Å². The van der Waals surface area contributed by atoms with Gasteiger partial charge in [0.25, 0.3) is 5.91 Å². The van der Waals surface area contributed by atoms with Crippen LogP contribution in [0, 0.1) is 0 Å². The van der Waals surface area contributed by atoms with E-state index in [1.165, 1.54) is 7.11 Å². The Morgan fingerprint density at radius 1 is 1.25 bits per heavy atom. The summed E-state index contributed by atoms with van der Waals surface area (Å²) >= 11 is 5.98. The molecule has 6 heteroatoms. The SMILES string of the molecule is COc1ccc(Cl)cc1NC(=O)c1cccc(N2CCCC2=O)c1. The maximum absolute atomic E-state index is 12.5. The van der Waals surface area contributed by atoms with Gasteiger partial charge >= 0.3 is 0 Å². The predicted molar refractivity (Wildman–Crippen MR) is 94.0 cm³/mol. The minimum atomic E-state index is -0.288. The van der Waals surface area contributed by atoms with E-state index in [1.54, 1.807) is 41.3 Å². The Bertz CT molecular complexity index is 792. The minimum Gasteiger partial charge on any atom is -0.495 e. The van der Waals surface area contributed by atoms with Crippen LogP contribution >= 0.6 is 11.6 Å². The Balaban J connectivity index is 1.83. The quantitative estimate of drug-likeness (QED) is 0.919. The van der Waals surface area contributed by atoms with Gasteiger partial charge < -0.3 is 15.0 Å². The van der Waals surface area contributed by atoms with Crippen molar-refractivity contribution >= 4 is 34.8 Å². The second-order valence-electron chi connectivity index (χ2n) is 5.50. The third-order valence-electron chi connectivity index (χ3n) is 3.90. The van der Waals surface area contributed by atoms with Crippen molar-refractivity contribution in [3.63, 3.8) is 0 Å². The predicted octanol–water partition coefficient (Wildman–Crippen LogP) is 3.73. The van der Waals surface area contributed by atoms with E-state index >= 15 is 0 Å². The minimum absolute atomic E-state index is 0.0871.